The first-order chi connectivity index (χ1) is 9.71. The van der Waals surface area contributed by atoms with Crippen LogP contribution in [-0.4, -0.2) is 30.2 Å². The van der Waals surface area contributed by atoms with Crippen molar-refractivity contribution in [2.24, 2.45) is 0 Å². The fourth-order valence-corrected chi connectivity index (χ4v) is 1.75. The van der Waals surface area contributed by atoms with Crippen LogP contribution < -0.4 is 15.4 Å². The number of ether oxygens (including phenoxy) is 1. The van der Waals surface area contributed by atoms with E-state index in [1.165, 1.54) is 26.2 Å². The summed E-state index contributed by atoms with van der Waals surface area (Å²) in [5.41, 5.74) is -4.04. The van der Waals surface area contributed by atoms with E-state index in [-0.39, 0.29) is 17.3 Å². The maximum atomic E-state index is 12.0. The second-order valence-corrected chi connectivity index (χ2v) is 4.92. The highest BCUT2D eigenvalue weighted by molar-refractivity contribution is 8.00. The average Bonchev–Trinajstić information content (AvgIpc) is 2.37. The van der Waals surface area contributed by atoms with Crippen LogP contribution >= 0.6 is 11.8 Å². The van der Waals surface area contributed by atoms with E-state index < -0.39 is 28.9 Å². The van der Waals surface area contributed by atoms with Gasteiger partial charge in [-0.3, -0.25) is 9.59 Å². The Morgan fingerprint density at radius 2 is 1.90 bits per heavy atom. The first kappa shape index (κ1) is 17.2. The standard InChI is InChI=1S/C12H13F3N2O3S/c1-7(18)16-9-4-3-8(20-2)5-10(9)17-11(19)6-21-12(13,14)15/h3-5H,6H2,1-2H3,(H,16,18)(H,17,19). The lowest BCUT2D eigenvalue weighted by Gasteiger charge is -2.13. The third-order valence-electron chi connectivity index (χ3n) is 2.18. The minimum absolute atomic E-state index is 0.164. The molecule has 2 N–H and O–H groups in total. The normalized spacial score (nSPS) is 10.9. The van der Waals surface area contributed by atoms with Crippen LogP contribution in [0.2, 0.25) is 0 Å². The number of alkyl halides is 3. The molecule has 2 amide bonds. The van der Waals surface area contributed by atoms with E-state index in [1.807, 2.05) is 0 Å². The van der Waals surface area contributed by atoms with Gasteiger partial charge in [0, 0.05) is 13.0 Å². The molecule has 0 heterocycles. The molecule has 0 saturated carbocycles. The smallest absolute Gasteiger partial charge is 0.442 e. The highest BCUT2D eigenvalue weighted by Gasteiger charge is 2.29. The molecule has 0 bridgehead atoms. The Balaban J connectivity index is 2.83. The van der Waals surface area contributed by atoms with Gasteiger partial charge in [0.05, 0.1) is 24.2 Å². The fourth-order valence-electron chi connectivity index (χ4n) is 1.39. The monoisotopic (exact) mass is 322 g/mol. The minimum Gasteiger partial charge on any atom is -0.497 e. The first-order valence-electron chi connectivity index (χ1n) is 5.67. The first-order valence-corrected chi connectivity index (χ1v) is 6.66. The predicted octanol–water partition coefficient (Wildman–Crippen LogP) is 2.85. The summed E-state index contributed by atoms with van der Waals surface area (Å²) >= 11 is -0.440. The summed E-state index contributed by atoms with van der Waals surface area (Å²) in [4.78, 5) is 22.6. The summed E-state index contributed by atoms with van der Waals surface area (Å²) < 4.78 is 41.1. The number of thioether (sulfide) groups is 1. The van der Waals surface area contributed by atoms with Crippen LogP contribution in [0.5, 0.6) is 5.75 Å². The Morgan fingerprint density at radius 1 is 1.24 bits per heavy atom. The van der Waals surface area contributed by atoms with E-state index in [0.29, 0.717) is 5.75 Å². The number of hydrogen-bond acceptors (Lipinski definition) is 4. The molecule has 9 heteroatoms. The zero-order chi connectivity index (χ0) is 16.0. The molecular formula is C12H13F3N2O3S. The summed E-state index contributed by atoms with van der Waals surface area (Å²) in [6.45, 7) is 1.27. The number of methoxy groups -OCH3 is 1. The maximum Gasteiger partial charge on any atom is 0.442 e. The van der Waals surface area contributed by atoms with Crippen LogP contribution in [0.15, 0.2) is 18.2 Å². The fraction of sp³-hybridized carbons (Fsp3) is 0.333. The molecule has 21 heavy (non-hydrogen) atoms. The lowest BCUT2D eigenvalue weighted by molar-refractivity contribution is -0.115. The van der Waals surface area contributed by atoms with Crippen LogP contribution in [0.1, 0.15) is 6.92 Å². The van der Waals surface area contributed by atoms with Gasteiger partial charge >= 0.3 is 5.51 Å². The highest BCUT2D eigenvalue weighted by atomic mass is 32.2. The Hall–Kier alpha value is -1.90. The van der Waals surface area contributed by atoms with Crippen LogP contribution in [0.25, 0.3) is 0 Å². The van der Waals surface area contributed by atoms with Crippen LogP contribution in [0.4, 0.5) is 24.5 Å². The third kappa shape index (κ3) is 6.39. The van der Waals surface area contributed by atoms with Crippen molar-refractivity contribution in [1.29, 1.82) is 0 Å². The Morgan fingerprint density at radius 3 is 2.43 bits per heavy atom. The number of anilines is 2. The molecule has 5 nitrogen and oxygen atoms in total. The molecule has 0 unspecified atom stereocenters. The molecule has 1 rings (SSSR count). The number of hydrogen-bond donors (Lipinski definition) is 2. The van der Waals surface area contributed by atoms with E-state index in [9.17, 15) is 22.8 Å². The van der Waals surface area contributed by atoms with E-state index in [4.69, 9.17) is 4.74 Å². The van der Waals surface area contributed by atoms with E-state index in [2.05, 4.69) is 10.6 Å². The predicted molar refractivity (Wildman–Crippen MR) is 74.4 cm³/mol. The molecule has 0 aliphatic carbocycles. The van der Waals surface area contributed by atoms with Crippen molar-refractivity contribution in [3.05, 3.63) is 18.2 Å². The van der Waals surface area contributed by atoms with Gasteiger partial charge in [0.1, 0.15) is 5.75 Å². The van der Waals surface area contributed by atoms with Crippen molar-refractivity contribution in [2.75, 3.05) is 23.5 Å². The second kappa shape index (κ2) is 7.21. The number of rotatable bonds is 5. The average molecular weight is 322 g/mol. The summed E-state index contributed by atoms with van der Waals surface area (Å²) in [6.07, 6.45) is 0. The number of nitrogens with one attached hydrogen (secondary N) is 2. The van der Waals surface area contributed by atoms with Gasteiger partial charge in [-0.1, -0.05) is 0 Å². The van der Waals surface area contributed by atoms with Crippen molar-refractivity contribution < 1.29 is 27.5 Å². The molecule has 0 radical (unpaired) electrons. The van der Waals surface area contributed by atoms with Crippen molar-refractivity contribution in [1.82, 2.24) is 0 Å². The van der Waals surface area contributed by atoms with Gasteiger partial charge in [-0.05, 0) is 23.9 Å². The third-order valence-corrected chi connectivity index (χ3v) is 2.91. The van der Waals surface area contributed by atoms with Gasteiger partial charge in [-0.15, -0.1) is 0 Å². The van der Waals surface area contributed by atoms with Crippen molar-refractivity contribution >= 4 is 35.0 Å². The van der Waals surface area contributed by atoms with Crippen LogP contribution in [0, 0.1) is 0 Å². The molecule has 0 spiro atoms. The summed E-state index contributed by atoms with van der Waals surface area (Å²) in [7, 11) is 1.40. The second-order valence-electron chi connectivity index (χ2n) is 3.88. The van der Waals surface area contributed by atoms with Gasteiger partial charge in [-0.2, -0.15) is 13.2 Å². The molecule has 0 aliphatic rings. The molecular weight excluding hydrogens is 309 g/mol. The topological polar surface area (TPSA) is 67.4 Å². The molecule has 1 aromatic carbocycles. The lowest BCUT2D eigenvalue weighted by Crippen LogP contribution is -2.18. The van der Waals surface area contributed by atoms with Crippen molar-refractivity contribution in [3.8, 4) is 5.75 Å². The Bertz CT molecular complexity index is 535. The number of amides is 2. The molecule has 116 valence electrons. The quantitative estimate of drug-likeness (QED) is 0.875. The summed E-state index contributed by atoms with van der Waals surface area (Å²) in [5.74, 6) is -1.60. The summed E-state index contributed by atoms with van der Waals surface area (Å²) in [5, 5.41) is 4.77. The van der Waals surface area contributed by atoms with Gasteiger partial charge < -0.3 is 15.4 Å². The zero-order valence-electron chi connectivity index (χ0n) is 11.2. The molecule has 0 saturated heterocycles. The van der Waals surface area contributed by atoms with Gasteiger partial charge in [-0.25, -0.2) is 0 Å². The summed E-state index contributed by atoms with van der Waals surface area (Å²) in [6, 6.07) is 4.43. The van der Waals surface area contributed by atoms with E-state index >= 15 is 0 Å². The van der Waals surface area contributed by atoms with Gasteiger partial charge in [0.2, 0.25) is 11.8 Å². The Labute approximate surface area is 123 Å². The van der Waals surface area contributed by atoms with E-state index in [0.717, 1.165) is 0 Å². The lowest BCUT2D eigenvalue weighted by atomic mass is 10.2. The minimum atomic E-state index is -4.48. The molecule has 1 aromatic rings. The van der Waals surface area contributed by atoms with E-state index in [1.54, 1.807) is 6.07 Å². The zero-order valence-corrected chi connectivity index (χ0v) is 12.0. The highest BCUT2D eigenvalue weighted by Crippen LogP contribution is 2.31. The molecule has 0 fully saturated rings. The number of carbonyl (C=O) groups is 2. The van der Waals surface area contributed by atoms with Crippen LogP contribution in [0.3, 0.4) is 0 Å². The number of halogens is 3. The SMILES string of the molecule is COc1ccc(NC(C)=O)c(NC(=O)CSC(F)(F)F)c1. The largest absolute Gasteiger partial charge is 0.497 e. The van der Waals surface area contributed by atoms with Crippen molar-refractivity contribution in [2.45, 2.75) is 12.4 Å². The Kier molecular flexibility index (Phi) is 5.89. The molecule has 0 atom stereocenters. The van der Waals surface area contributed by atoms with Crippen molar-refractivity contribution in [3.63, 3.8) is 0 Å². The maximum absolute atomic E-state index is 12.0. The van der Waals surface area contributed by atoms with Gasteiger partial charge in [0.15, 0.2) is 0 Å². The van der Waals surface area contributed by atoms with Crippen LogP contribution in [-0.2, 0) is 9.59 Å². The number of carbonyl (C=O) groups excluding carboxylic acids is 2. The number of benzene rings is 1. The van der Waals surface area contributed by atoms with Gasteiger partial charge in [0.25, 0.3) is 0 Å². The molecule has 0 aliphatic heterocycles. The molecule has 0 aromatic heterocycles.